The number of aromatic nitrogens is 1. The number of carbonyl (C=O) groups is 3. The van der Waals surface area contributed by atoms with E-state index in [0.717, 1.165) is 12.5 Å². The predicted molar refractivity (Wildman–Crippen MR) is 116 cm³/mol. The van der Waals surface area contributed by atoms with Gasteiger partial charge in [0.2, 0.25) is 0 Å². The summed E-state index contributed by atoms with van der Waals surface area (Å²) >= 11 is 0. The zero-order chi connectivity index (χ0) is 22.4. The minimum absolute atomic E-state index is 0.00910. The first-order valence-corrected chi connectivity index (χ1v) is 10.3. The lowest BCUT2D eigenvalue weighted by Crippen LogP contribution is -2.45. The van der Waals surface area contributed by atoms with Crippen molar-refractivity contribution in [3.05, 3.63) is 63.6 Å². The monoisotopic (exact) mass is 435 g/mol. The van der Waals surface area contributed by atoms with Crippen molar-refractivity contribution in [2.75, 3.05) is 43.5 Å². The number of amides is 3. The van der Waals surface area contributed by atoms with Gasteiger partial charge in [-0.15, -0.1) is 0 Å². The Kier molecular flexibility index (Phi) is 4.78. The molecule has 0 saturated carbocycles. The van der Waals surface area contributed by atoms with Crippen LogP contribution in [-0.4, -0.2) is 60.0 Å². The standard InChI is InChI=1S/C22H21N5O5/c23-19-18-15(20(29)24-21(18)30)12-17(28)27(19)14-5-3-13(4-6-14)26-7-1-2-16(22(26)31)25-8-10-32-11-9-25/h2-6,12H,1,7-11,23H2,(H,24,29,30). The number of hydrogen-bond acceptors (Lipinski definition) is 7. The van der Waals surface area contributed by atoms with Gasteiger partial charge in [0.15, 0.2) is 0 Å². The second-order valence-electron chi connectivity index (χ2n) is 7.73. The summed E-state index contributed by atoms with van der Waals surface area (Å²) in [6.45, 7) is 3.11. The van der Waals surface area contributed by atoms with Crippen LogP contribution < -0.4 is 21.5 Å². The molecule has 1 aromatic carbocycles. The fourth-order valence-electron chi connectivity index (χ4n) is 4.30. The van der Waals surface area contributed by atoms with Crippen molar-refractivity contribution in [2.24, 2.45) is 0 Å². The van der Waals surface area contributed by atoms with E-state index in [0.29, 0.717) is 49.9 Å². The molecule has 5 rings (SSSR count). The number of morpholine rings is 1. The van der Waals surface area contributed by atoms with Gasteiger partial charge in [0.1, 0.15) is 5.82 Å². The van der Waals surface area contributed by atoms with Crippen LogP contribution in [0.25, 0.3) is 5.69 Å². The number of hydrogen-bond donors (Lipinski definition) is 2. The Morgan fingerprint density at radius 3 is 2.31 bits per heavy atom. The zero-order valence-electron chi connectivity index (χ0n) is 17.2. The lowest BCUT2D eigenvalue weighted by molar-refractivity contribution is -0.117. The van der Waals surface area contributed by atoms with Crippen molar-refractivity contribution in [1.29, 1.82) is 0 Å². The lowest BCUT2D eigenvalue weighted by atomic mass is 10.1. The summed E-state index contributed by atoms with van der Waals surface area (Å²) < 4.78 is 6.55. The van der Waals surface area contributed by atoms with Crippen molar-refractivity contribution in [1.82, 2.24) is 14.8 Å². The van der Waals surface area contributed by atoms with Crippen LogP contribution in [-0.2, 0) is 9.53 Å². The smallest absolute Gasteiger partial charge is 0.274 e. The number of pyridine rings is 1. The number of carbonyl (C=O) groups excluding carboxylic acids is 3. The van der Waals surface area contributed by atoms with Gasteiger partial charge in [0, 0.05) is 31.4 Å². The van der Waals surface area contributed by atoms with Crippen molar-refractivity contribution >= 4 is 29.2 Å². The van der Waals surface area contributed by atoms with Crippen molar-refractivity contribution in [3.8, 4) is 5.69 Å². The highest BCUT2D eigenvalue weighted by Gasteiger charge is 2.32. The summed E-state index contributed by atoms with van der Waals surface area (Å²) in [5, 5.41) is 2.15. The Morgan fingerprint density at radius 2 is 1.59 bits per heavy atom. The number of nitrogens with zero attached hydrogens (tertiary/aromatic N) is 3. The van der Waals surface area contributed by atoms with Gasteiger partial charge in [-0.3, -0.25) is 29.1 Å². The second kappa shape index (κ2) is 7.65. The molecule has 2 aromatic rings. The minimum Gasteiger partial charge on any atom is -0.384 e. The van der Waals surface area contributed by atoms with Crippen LogP contribution >= 0.6 is 0 Å². The number of nitrogens with two attached hydrogens (primary N) is 1. The molecule has 0 radical (unpaired) electrons. The summed E-state index contributed by atoms with van der Waals surface area (Å²) in [5.74, 6) is -1.44. The highest BCUT2D eigenvalue weighted by atomic mass is 16.5. The number of fused-ring (bicyclic) bond motifs is 1. The summed E-state index contributed by atoms with van der Waals surface area (Å²) in [4.78, 5) is 53.4. The summed E-state index contributed by atoms with van der Waals surface area (Å²) in [6, 6.07) is 7.90. The quantitative estimate of drug-likeness (QED) is 0.662. The Bertz CT molecular complexity index is 1220. The van der Waals surface area contributed by atoms with E-state index in [2.05, 4.69) is 5.32 Å². The molecular weight excluding hydrogens is 414 g/mol. The molecule has 3 aliphatic heterocycles. The lowest BCUT2D eigenvalue weighted by Gasteiger charge is -2.35. The number of imide groups is 1. The molecule has 4 heterocycles. The van der Waals surface area contributed by atoms with E-state index in [1.54, 1.807) is 29.2 Å². The predicted octanol–water partition coefficient (Wildman–Crippen LogP) is 0.256. The molecule has 3 aliphatic rings. The van der Waals surface area contributed by atoms with Crippen molar-refractivity contribution in [3.63, 3.8) is 0 Å². The van der Waals surface area contributed by atoms with Crippen LogP contribution in [0, 0.1) is 0 Å². The maximum absolute atomic E-state index is 13.1. The molecule has 1 fully saturated rings. The fourth-order valence-corrected chi connectivity index (χ4v) is 4.30. The first kappa shape index (κ1) is 20.0. The molecule has 10 heteroatoms. The molecule has 0 bridgehead atoms. The van der Waals surface area contributed by atoms with Gasteiger partial charge in [0.25, 0.3) is 23.3 Å². The third-order valence-electron chi connectivity index (χ3n) is 5.88. The third-order valence-corrected chi connectivity index (χ3v) is 5.88. The van der Waals surface area contributed by atoms with E-state index >= 15 is 0 Å². The van der Waals surface area contributed by atoms with Crippen LogP contribution in [0.5, 0.6) is 0 Å². The van der Waals surface area contributed by atoms with Gasteiger partial charge in [-0.2, -0.15) is 0 Å². The molecular formula is C22H21N5O5. The number of anilines is 2. The molecule has 0 spiro atoms. The molecule has 10 nitrogen and oxygen atoms in total. The van der Waals surface area contributed by atoms with Crippen LogP contribution in [0.1, 0.15) is 27.1 Å². The van der Waals surface area contributed by atoms with Gasteiger partial charge in [0.05, 0.1) is 35.7 Å². The SMILES string of the molecule is Nc1c2c(cc(=O)n1-c1ccc(N3CCC=C(N4CCOCC4)C3=O)cc1)C(=O)NC2=O. The Balaban J connectivity index is 1.44. The molecule has 0 atom stereocenters. The summed E-state index contributed by atoms with van der Waals surface area (Å²) in [6.07, 6.45) is 2.70. The maximum atomic E-state index is 13.1. The van der Waals surface area contributed by atoms with E-state index in [1.165, 1.54) is 4.57 Å². The minimum atomic E-state index is -0.635. The highest BCUT2D eigenvalue weighted by molar-refractivity contribution is 6.23. The van der Waals surface area contributed by atoms with Gasteiger partial charge in [-0.25, -0.2) is 0 Å². The first-order chi connectivity index (χ1) is 15.5. The molecule has 3 amide bonds. The van der Waals surface area contributed by atoms with Crippen molar-refractivity contribution < 1.29 is 19.1 Å². The van der Waals surface area contributed by atoms with Crippen LogP contribution in [0.4, 0.5) is 11.5 Å². The largest absolute Gasteiger partial charge is 0.384 e. The number of nitrogen functional groups attached to an aromatic ring is 1. The number of nitrogens with one attached hydrogen (secondary N) is 1. The van der Waals surface area contributed by atoms with Gasteiger partial charge < -0.3 is 20.3 Å². The topological polar surface area (TPSA) is 127 Å². The maximum Gasteiger partial charge on any atom is 0.274 e. The molecule has 0 aliphatic carbocycles. The average Bonchev–Trinajstić information content (AvgIpc) is 3.08. The number of ether oxygens (including phenoxy) is 1. The van der Waals surface area contributed by atoms with Crippen molar-refractivity contribution in [2.45, 2.75) is 6.42 Å². The molecule has 0 unspecified atom stereocenters. The Morgan fingerprint density at radius 1 is 0.906 bits per heavy atom. The number of rotatable bonds is 3. The summed E-state index contributed by atoms with van der Waals surface area (Å²) in [5.41, 5.74) is 7.33. The molecule has 32 heavy (non-hydrogen) atoms. The van der Waals surface area contributed by atoms with E-state index in [1.807, 2.05) is 11.0 Å². The van der Waals surface area contributed by atoms with E-state index < -0.39 is 17.4 Å². The number of benzene rings is 1. The molecule has 3 N–H and O–H groups in total. The molecule has 1 aromatic heterocycles. The molecule has 164 valence electrons. The Labute approximate surface area is 182 Å². The fraction of sp³-hybridized carbons (Fsp3) is 0.273. The average molecular weight is 435 g/mol. The Hall–Kier alpha value is -3.92. The summed E-state index contributed by atoms with van der Waals surface area (Å²) in [7, 11) is 0. The second-order valence-corrected chi connectivity index (χ2v) is 7.73. The van der Waals surface area contributed by atoms with Gasteiger partial charge >= 0.3 is 0 Å². The van der Waals surface area contributed by atoms with Crippen LogP contribution in [0.15, 0.2) is 46.9 Å². The van der Waals surface area contributed by atoms with Gasteiger partial charge in [-0.1, -0.05) is 6.08 Å². The van der Waals surface area contributed by atoms with Crippen LogP contribution in [0.2, 0.25) is 0 Å². The highest BCUT2D eigenvalue weighted by Crippen LogP contribution is 2.27. The molecule has 1 saturated heterocycles. The van der Waals surface area contributed by atoms with E-state index in [4.69, 9.17) is 10.5 Å². The normalized spacial score (nSPS) is 18.5. The van der Waals surface area contributed by atoms with Crippen LogP contribution in [0.3, 0.4) is 0 Å². The third kappa shape index (κ3) is 3.16. The van der Waals surface area contributed by atoms with E-state index in [9.17, 15) is 19.2 Å². The zero-order valence-corrected chi connectivity index (χ0v) is 17.2. The van der Waals surface area contributed by atoms with Gasteiger partial charge in [-0.05, 0) is 30.7 Å². The van der Waals surface area contributed by atoms with E-state index in [-0.39, 0.29) is 22.9 Å². The first-order valence-electron chi connectivity index (χ1n) is 10.3.